The van der Waals surface area contributed by atoms with Crippen LogP contribution >= 0.6 is 0 Å². The van der Waals surface area contributed by atoms with Crippen molar-refractivity contribution in [3.63, 3.8) is 0 Å². The van der Waals surface area contributed by atoms with Gasteiger partial charge in [0.2, 0.25) is 0 Å². The van der Waals surface area contributed by atoms with Gasteiger partial charge in [-0.05, 0) is 30.7 Å². The molecule has 0 spiro atoms. The van der Waals surface area contributed by atoms with Crippen LogP contribution in [0.15, 0.2) is 36.4 Å². The van der Waals surface area contributed by atoms with Gasteiger partial charge in [0.05, 0.1) is 31.0 Å². The molecule has 0 atom stereocenters. The SMILES string of the molecule is COC(=O)c1cccc(C)c1F.COC(=O)c1cccc(N)c1F. The molecule has 2 aromatic carbocycles. The summed E-state index contributed by atoms with van der Waals surface area (Å²) in [4.78, 5) is 21.8. The zero-order valence-electron chi connectivity index (χ0n) is 13.4. The standard InChI is InChI=1S/C9H9FO2.C8H8FNO2/c1-6-4-3-5-7(8(6)10)9(11)12-2;1-12-8(11)5-3-2-4-6(10)7(5)9/h3-5H,1-2H3;2-4H,10H2,1H3. The van der Waals surface area contributed by atoms with Gasteiger partial charge in [-0.3, -0.25) is 0 Å². The molecular weight excluding hydrogens is 320 g/mol. The van der Waals surface area contributed by atoms with Crippen LogP contribution in [0.3, 0.4) is 0 Å². The lowest BCUT2D eigenvalue weighted by Gasteiger charge is -2.01. The van der Waals surface area contributed by atoms with Crippen molar-refractivity contribution in [2.45, 2.75) is 6.92 Å². The van der Waals surface area contributed by atoms with E-state index in [9.17, 15) is 18.4 Å². The molecule has 0 heterocycles. The fourth-order valence-electron chi connectivity index (χ4n) is 1.73. The second-order valence-corrected chi connectivity index (χ2v) is 4.63. The molecule has 0 saturated carbocycles. The molecule has 0 aliphatic carbocycles. The van der Waals surface area contributed by atoms with Crippen LogP contribution in [0.1, 0.15) is 26.3 Å². The molecule has 0 bridgehead atoms. The number of halogens is 2. The molecule has 7 heteroatoms. The van der Waals surface area contributed by atoms with Gasteiger partial charge in [0.15, 0.2) is 5.82 Å². The van der Waals surface area contributed by atoms with Gasteiger partial charge in [0.1, 0.15) is 5.82 Å². The molecule has 24 heavy (non-hydrogen) atoms. The van der Waals surface area contributed by atoms with Crippen LogP contribution in [0.5, 0.6) is 0 Å². The van der Waals surface area contributed by atoms with Gasteiger partial charge in [-0.1, -0.05) is 18.2 Å². The summed E-state index contributed by atoms with van der Waals surface area (Å²) < 4.78 is 34.9. The van der Waals surface area contributed by atoms with Crippen LogP contribution in [0, 0.1) is 18.6 Å². The first-order chi connectivity index (χ1) is 11.3. The summed E-state index contributed by atoms with van der Waals surface area (Å²) in [7, 11) is 2.41. The molecule has 0 aliphatic rings. The molecule has 0 saturated heterocycles. The number of carbonyl (C=O) groups excluding carboxylic acids is 2. The maximum Gasteiger partial charge on any atom is 0.340 e. The lowest BCUT2D eigenvalue weighted by Crippen LogP contribution is -2.06. The smallest absolute Gasteiger partial charge is 0.340 e. The molecule has 2 N–H and O–H groups in total. The largest absolute Gasteiger partial charge is 0.465 e. The molecular formula is C17H17F2NO4. The van der Waals surface area contributed by atoms with Crippen LogP contribution in [0.4, 0.5) is 14.5 Å². The van der Waals surface area contributed by atoms with Gasteiger partial charge >= 0.3 is 11.9 Å². The summed E-state index contributed by atoms with van der Waals surface area (Å²) in [5.74, 6) is -2.61. The maximum atomic E-state index is 13.1. The number of hydrogen-bond acceptors (Lipinski definition) is 5. The number of aryl methyl sites for hydroxylation is 1. The van der Waals surface area contributed by atoms with Crippen molar-refractivity contribution in [1.82, 2.24) is 0 Å². The third-order valence-corrected chi connectivity index (χ3v) is 3.03. The Morgan fingerprint density at radius 1 is 0.875 bits per heavy atom. The number of rotatable bonds is 2. The minimum atomic E-state index is -0.732. The van der Waals surface area contributed by atoms with Gasteiger partial charge in [0.25, 0.3) is 0 Å². The van der Waals surface area contributed by atoms with Crippen LogP contribution in [0.2, 0.25) is 0 Å². The van der Waals surface area contributed by atoms with Gasteiger partial charge in [-0.25, -0.2) is 18.4 Å². The Hall–Kier alpha value is -2.96. The fraction of sp³-hybridized carbons (Fsp3) is 0.176. The predicted octanol–water partition coefficient (Wildman–Crippen LogP) is 3.12. The Morgan fingerprint density at radius 3 is 1.83 bits per heavy atom. The normalized spacial score (nSPS) is 9.54. The van der Waals surface area contributed by atoms with Crippen molar-refractivity contribution in [1.29, 1.82) is 0 Å². The van der Waals surface area contributed by atoms with E-state index in [-0.39, 0.29) is 16.8 Å². The van der Waals surface area contributed by atoms with Crippen LogP contribution in [0.25, 0.3) is 0 Å². The van der Waals surface area contributed by atoms with Crippen molar-refractivity contribution in [3.8, 4) is 0 Å². The van der Waals surface area contributed by atoms with Gasteiger partial charge in [0, 0.05) is 0 Å². The summed E-state index contributed by atoms with van der Waals surface area (Å²) in [6.45, 7) is 1.60. The number of benzene rings is 2. The molecule has 0 fully saturated rings. The molecule has 2 rings (SSSR count). The topological polar surface area (TPSA) is 78.6 Å². The van der Waals surface area contributed by atoms with Crippen LogP contribution in [-0.2, 0) is 9.47 Å². The Balaban J connectivity index is 0.000000240. The third kappa shape index (κ3) is 4.52. The Bertz CT molecular complexity index is 684. The number of hydrogen-bond donors (Lipinski definition) is 1. The summed E-state index contributed by atoms with van der Waals surface area (Å²) in [6.07, 6.45) is 0. The zero-order chi connectivity index (χ0) is 18.3. The minimum Gasteiger partial charge on any atom is -0.465 e. The van der Waals surface area contributed by atoms with Crippen molar-refractivity contribution in [2.24, 2.45) is 0 Å². The molecule has 0 amide bonds. The lowest BCUT2D eigenvalue weighted by molar-refractivity contribution is 0.0586. The molecule has 0 aromatic heterocycles. The third-order valence-electron chi connectivity index (χ3n) is 3.03. The average Bonchev–Trinajstić information content (AvgIpc) is 2.59. The monoisotopic (exact) mass is 337 g/mol. The number of anilines is 1. The second kappa shape index (κ2) is 8.61. The van der Waals surface area contributed by atoms with E-state index in [0.29, 0.717) is 5.56 Å². The molecule has 2 aromatic rings. The van der Waals surface area contributed by atoms with E-state index in [1.54, 1.807) is 19.1 Å². The quantitative estimate of drug-likeness (QED) is 0.673. The first kappa shape index (κ1) is 19.1. The van der Waals surface area contributed by atoms with E-state index < -0.39 is 23.6 Å². The molecule has 0 unspecified atom stereocenters. The maximum absolute atomic E-state index is 13.1. The van der Waals surface area contributed by atoms with Gasteiger partial charge in [-0.2, -0.15) is 0 Å². The van der Waals surface area contributed by atoms with E-state index in [1.807, 2.05) is 0 Å². The van der Waals surface area contributed by atoms with Crippen LogP contribution < -0.4 is 5.73 Å². The van der Waals surface area contributed by atoms with Gasteiger partial charge < -0.3 is 15.2 Å². The van der Waals surface area contributed by atoms with E-state index in [0.717, 1.165) is 0 Å². The highest BCUT2D eigenvalue weighted by Gasteiger charge is 2.13. The highest BCUT2D eigenvalue weighted by Crippen LogP contribution is 2.15. The summed E-state index contributed by atoms with van der Waals surface area (Å²) in [5.41, 5.74) is 5.46. The van der Waals surface area contributed by atoms with Crippen molar-refractivity contribution >= 4 is 17.6 Å². The number of nitrogens with two attached hydrogens (primary N) is 1. The Morgan fingerprint density at radius 2 is 1.33 bits per heavy atom. The number of esters is 2. The fourth-order valence-corrected chi connectivity index (χ4v) is 1.73. The van der Waals surface area contributed by atoms with E-state index in [2.05, 4.69) is 9.47 Å². The highest BCUT2D eigenvalue weighted by atomic mass is 19.1. The van der Waals surface area contributed by atoms with E-state index in [1.165, 1.54) is 38.5 Å². The first-order valence-electron chi connectivity index (χ1n) is 6.79. The highest BCUT2D eigenvalue weighted by molar-refractivity contribution is 5.90. The molecule has 0 radical (unpaired) electrons. The number of nitrogen functional groups attached to an aromatic ring is 1. The van der Waals surface area contributed by atoms with E-state index in [4.69, 9.17) is 5.73 Å². The number of methoxy groups -OCH3 is 2. The molecule has 128 valence electrons. The number of carbonyl (C=O) groups is 2. The van der Waals surface area contributed by atoms with Gasteiger partial charge in [-0.15, -0.1) is 0 Å². The van der Waals surface area contributed by atoms with Crippen molar-refractivity contribution < 1.29 is 27.8 Å². The Labute approximate surface area is 138 Å². The summed E-state index contributed by atoms with van der Waals surface area (Å²) >= 11 is 0. The van der Waals surface area contributed by atoms with Crippen LogP contribution in [-0.4, -0.2) is 26.2 Å². The minimum absolute atomic E-state index is 0.0162. The van der Waals surface area contributed by atoms with E-state index >= 15 is 0 Å². The molecule has 5 nitrogen and oxygen atoms in total. The summed E-state index contributed by atoms with van der Waals surface area (Å²) in [5, 5.41) is 0. The lowest BCUT2D eigenvalue weighted by atomic mass is 10.1. The van der Waals surface area contributed by atoms with Crippen molar-refractivity contribution in [3.05, 3.63) is 64.7 Å². The predicted molar refractivity (Wildman–Crippen MR) is 84.6 cm³/mol. The number of ether oxygens (including phenoxy) is 2. The second-order valence-electron chi connectivity index (χ2n) is 4.63. The average molecular weight is 337 g/mol. The Kier molecular flexibility index (Phi) is 6.85. The zero-order valence-corrected chi connectivity index (χ0v) is 13.4. The summed E-state index contributed by atoms with van der Waals surface area (Å²) in [6, 6.07) is 8.80. The molecule has 0 aliphatic heterocycles. The first-order valence-corrected chi connectivity index (χ1v) is 6.79. The van der Waals surface area contributed by atoms with Crippen molar-refractivity contribution in [2.75, 3.05) is 20.0 Å².